The zero-order chi connectivity index (χ0) is 12.2. The van der Waals surface area contributed by atoms with Crippen molar-refractivity contribution in [3.05, 3.63) is 29.8 Å². The third-order valence-electron chi connectivity index (χ3n) is 1.71. The van der Waals surface area contributed by atoms with E-state index in [-0.39, 0.29) is 11.6 Å². The number of halogens is 3. The molecule has 0 aliphatic carbocycles. The van der Waals surface area contributed by atoms with Gasteiger partial charge in [-0.15, -0.1) is 13.2 Å². The molecule has 0 fully saturated rings. The molecule has 0 spiro atoms. The fourth-order valence-corrected chi connectivity index (χ4v) is 1.16. The van der Waals surface area contributed by atoms with E-state index in [9.17, 15) is 13.2 Å². The van der Waals surface area contributed by atoms with E-state index >= 15 is 0 Å². The molecule has 1 aromatic rings. The van der Waals surface area contributed by atoms with Gasteiger partial charge in [0.1, 0.15) is 5.75 Å². The highest BCUT2D eigenvalue weighted by Crippen LogP contribution is 2.23. The van der Waals surface area contributed by atoms with E-state index in [1.165, 1.54) is 32.4 Å². The molecule has 0 radical (unpaired) electrons. The van der Waals surface area contributed by atoms with E-state index in [4.69, 9.17) is 4.74 Å². The highest BCUT2D eigenvalue weighted by molar-refractivity contribution is 5.94. The zero-order valence-electron chi connectivity index (χ0n) is 8.71. The third-order valence-corrected chi connectivity index (χ3v) is 1.71. The van der Waals surface area contributed by atoms with Gasteiger partial charge in [-0.05, 0) is 18.2 Å². The van der Waals surface area contributed by atoms with Crippen molar-refractivity contribution in [1.29, 1.82) is 0 Å². The van der Waals surface area contributed by atoms with Crippen molar-refractivity contribution < 1.29 is 22.6 Å². The average molecular weight is 233 g/mol. The Labute approximate surface area is 90.5 Å². The molecule has 0 saturated carbocycles. The topological polar surface area (TPSA) is 30.8 Å². The molecular formula is C10H10F3NO2. The van der Waals surface area contributed by atoms with Gasteiger partial charge in [0.25, 0.3) is 0 Å². The number of rotatable bonds is 2. The highest BCUT2D eigenvalue weighted by atomic mass is 19.4. The number of benzene rings is 1. The van der Waals surface area contributed by atoms with Gasteiger partial charge < -0.3 is 9.47 Å². The smallest absolute Gasteiger partial charge is 0.481 e. The van der Waals surface area contributed by atoms with Crippen LogP contribution < -0.4 is 4.74 Å². The van der Waals surface area contributed by atoms with Crippen molar-refractivity contribution in [1.82, 2.24) is 0 Å². The molecule has 0 heterocycles. The summed E-state index contributed by atoms with van der Waals surface area (Å²) in [5.41, 5.74) is 0.423. The molecule has 16 heavy (non-hydrogen) atoms. The predicted molar refractivity (Wildman–Crippen MR) is 52.6 cm³/mol. The molecule has 0 saturated heterocycles. The second-order valence-electron chi connectivity index (χ2n) is 2.81. The van der Waals surface area contributed by atoms with Crippen molar-refractivity contribution in [3.63, 3.8) is 0 Å². The Morgan fingerprint density at radius 1 is 1.31 bits per heavy atom. The summed E-state index contributed by atoms with van der Waals surface area (Å²) in [6.45, 7) is 0. The van der Waals surface area contributed by atoms with Gasteiger partial charge in [-0.25, -0.2) is 0 Å². The quantitative estimate of drug-likeness (QED) is 0.580. The van der Waals surface area contributed by atoms with Crippen molar-refractivity contribution in [2.24, 2.45) is 4.99 Å². The number of hydrogen-bond donors (Lipinski definition) is 0. The predicted octanol–water partition coefficient (Wildman–Crippen LogP) is 2.61. The van der Waals surface area contributed by atoms with E-state index in [1.54, 1.807) is 6.07 Å². The van der Waals surface area contributed by atoms with Gasteiger partial charge >= 0.3 is 6.36 Å². The molecular weight excluding hydrogens is 223 g/mol. The van der Waals surface area contributed by atoms with Crippen LogP contribution in [0.5, 0.6) is 5.75 Å². The lowest BCUT2D eigenvalue weighted by molar-refractivity contribution is -0.274. The highest BCUT2D eigenvalue weighted by Gasteiger charge is 2.31. The second-order valence-corrected chi connectivity index (χ2v) is 2.81. The fraction of sp³-hybridized carbons (Fsp3) is 0.300. The molecule has 3 nitrogen and oxygen atoms in total. The molecule has 88 valence electrons. The first-order valence-corrected chi connectivity index (χ1v) is 4.33. The Kier molecular flexibility index (Phi) is 3.76. The van der Waals surface area contributed by atoms with E-state index in [0.29, 0.717) is 5.56 Å². The number of nitrogens with zero attached hydrogens (tertiary/aromatic N) is 1. The van der Waals surface area contributed by atoms with Crippen LogP contribution in [0.2, 0.25) is 0 Å². The summed E-state index contributed by atoms with van der Waals surface area (Å²) in [6, 6.07) is 5.43. The molecule has 6 heteroatoms. The van der Waals surface area contributed by atoms with Crippen LogP contribution in [0.25, 0.3) is 0 Å². The fourth-order valence-electron chi connectivity index (χ4n) is 1.16. The molecule has 0 unspecified atom stereocenters. The minimum Gasteiger partial charge on any atom is -0.481 e. The van der Waals surface area contributed by atoms with Gasteiger partial charge in [-0.1, -0.05) is 6.07 Å². The summed E-state index contributed by atoms with van der Waals surface area (Å²) < 4.78 is 44.5. The van der Waals surface area contributed by atoms with Gasteiger partial charge in [0.15, 0.2) is 0 Å². The molecule has 1 aromatic carbocycles. The van der Waals surface area contributed by atoms with Gasteiger partial charge in [-0.2, -0.15) is 0 Å². The standard InChI is InChI=1S/C10H10F3NO2/c1-14-9(15-2)7-4-3-5-8(6-7)16-10(11,12)13/h3-6H,1-2H3. The van der Waals surface area contributed by atoms with Crippen LogP contribution in [0.3, 0.4) is 0 Å². The van der Waals surface area contributed by atoms with Crippen molar-refractivity contribution >= 4 is 5.90 Å². The van der Waals surface area contributed by atoms with E-state index in [0.717, 1.165) is 0 Å². The molecule has 1 rings (SSSR count). The average Bonchev–Trinajstić information content (AvgIpc) is 2.17. The molecule has 0 aliphatic heterocycles. The lowest BCUT2D eigenvalue weighted by Crippen LogP contribution is -2.17. The number of ether oxygens (including phenoxy) is 2. The number of aliphatic imine (C=N–C) groups is 1. The van der Waals surface area contributed by atoms with Crippen LogP contribution in [0.1, 0.15) is 5.56 Å². The molecule has 0 atom stereocenters. The maximum Gasteiger partial charge on any atom is 0.573 e. The van der Waals surface area contributed by atoms with Gasteiger partial charge in [0.2, 0.25) is 5.90 Å². The first-order chi connectivity index (χ1) is 7.46. The summed E-state index contributed by atoms with van der Waals surface area (Å²) in [5.74, 6) is -0.0594. The summed E-state index contributed by atoms with van der Waals surface area (Å²) in [5, 5.41) is 0. The maximum absolute atomic E-state index is 12.0. The molecule has 0 bridgehead atoms. The normalized spacial score (nSPS) is 12.4. The molecule has 0 N–H and O–H groups in total. The maximum atomic E-state index is 12.0. The van der Waals surface area contributed by atoms with Crippen LogP contribution in [-0.4, -0.2) is 26.4 Å². The van der Waals surface area contributed by atoms with Crippen molar-refractivity contribution in [2.75, 3.05) is 14.2 Å². The lowest BCUT2D eigenvalue weighted by Gasteiger charge is -2.10. The van der Waals surface area contributed by atoms with E-state index < -0.39 is 6.36 Å². The molecule has 0 amide bonds. The van der Waals surface area contributed by atoms with Crippen LogP contribution in [0.15, 0.2) is 29.3 Å². The van der Waals surface area contributed by atoms with Crippen LogP contribution in [-0.2, 0) is 4.74 Å². The first-order valence-electron chi connectivity index (χ1n) is 4.33. The number of alkyl halides is 3. The minimum absolute atomic E-state index is 0.243. The molecule has 0 aromatic heterocycles. The summed E-state index contributed by atoms with van der Waals surface area (Å²) in [7, 11) is 2.87. The monoisotopic (exact) mass is 233 g/mol. The Balaban J connectivity index is 2.95. The van der Waals surface area contributed by atoms with E-state index in [2.05, 4.69) is 9.73 Å². The summed E-state index contributed by atoms with van der Waals surface area (Å²) in [6.07, 6.45) is -4.70. The Morgan fingerprint density at radius 3 is 2.50 bits per heavy atom. The van der Waals surface area contributed by atoms with Crippen LogP contribution in [0, 0.1) is 0 Å². The van der Waals surface area contributed by atoms with Crippen LogP contribution in [0.4, 0.5) is 13.2 Å². The zero-order valence-corrected chi connectivity index (χ0v) is 8.71. The third kappa shape index (κ3) is 3.45. The minimum atomic E-state index is -4.70. The van der Waals surface area contributed by atoms with Crippen molar-refractivity contribution in [3.8, 4) is 5.75 Å². The SMILES string of the molecule is CN=C(OC)c1cccc(OC(F)(F)F)c1. The van der Waals surface area contributed by atoms with Gasteiger partial charge in [-0.3, -0.25) is 4.99 Å². The summed E-state index contributed by atoms with van der Waals surface area (Å²) in [4.78, 5) is 3.77. The second kappa shape index (κ2) is 4.87. The van der Waals surface area contributed by atoms with Crippen LogP contribution >= 0.6 is 0 Å². The Morgan fingerprint density at radius 2 is 2.00 bits per heavy atom. The van der Waals surface area contributed by atoms with E-state index in [1.807, 2.05) is 0 Å². The van der Waals surface area contributed by atoms with Gasteiger partial charge in [0.05, 0.1) is 7.11 Å². The lowest BCUT2D eigenvalue weighted by atomic mass is 10.2. The first kappa shape index (κ1) is 12.4. The summed E-state index contributed by atoms with van der Waals surface area (Å²) >= 11 is 0. The largest absolute Gasteiger partial charge is 0.573 e. The molecule has 0 aliphatic rings. The van der Waals surface area contributed by atoms with Crippen molar-refractivity contribution in [2.45, 2.75) is 6.36 Å². The van der Waals surface area contributed by atoms with Gasteiger partial charge in [0, 0.05) is 12.6 Å². The number of hydrogen-bond acceptors (Lipinski definition) is 3. The Bertz CT molecular complexity index is 388. The Hall–Kier alpha value is -1.72. The number of methoxy groups -OCH3 is 1.